The molecule has 4 unspecified atom stereocenters. The number of hydrogen-bond acceptors (Lipinski definition) is 5. The number of hydrogen-bond donors (Lipinski definition) is 3. The first-order valence-electron chi connectivity index (χ1n) is 9.47. The monoisotopic (exact) mass is 373 g/mol. The van der Waals surface area contributed by atoms with Crippen LogP contribution in [0.25, 0.3) is 0 Å². The van der Waals surface area contributed by atoms with E-state index in [-0.39, 0.29) is 5.41 Å². The van der Waals surface area contributed by atoms with Crippen LogP contribution in [-0.4, -0.2) is 26.4 Å². The second-order valence-corrected chi connectivity index (χ2v) is 9.30. The molecule has 3 N–H and O–H groups in total. The van der Waals surface area contributed by atoms with E-state index in [0.29, 0.717) is 29.5 Å². The highest BCUT2D eigenvalue weighted by atomic mass is 32.1. The molecule has 26 heavy (non-hydrogen) atoms. The van der Waals surface area contributed by atoms with Gasteiger partial charge < -0.3 is 15.3 Å². The quantitative estimate of drug-likeness (QED) is 0.750. The zero-order valence-electron chi connectivity index (χ0n) is 15.6. The summed E-state index contributed by atoms with van der Waals surface area (Å²) in [4.78, 5) is 5.67. The average molecular weight is 374 g/mol. The largest absolute Gasteiger partial charge is 0.508 e. The van der Waals surface area contributed by atoms with Gasteiger partial charge in [-0.15, -0.1) is 11.3 Å². The van der Waals surface area contributed by atoms with Crippen molar-refractivity contribution >= 4 is 11.3 Å². The Bertz CT molecular complexity index is 828. The molecule has 1 saturated carbocycles. The molecule has 1 aromatic heterocycles. The topological polar surface area (TPSA) is 73.6 Å². The normalized spacial score (nSPS) is 33.6. The van der Waals surface area contributed by atoms with Crippen LogP contribution >= 0.6 is 11.3 Å². The van der Waals surface area contributed by atoms with Gasteiger partial charge in [-0.3, -0.25) is 0 Å². The van der Waals surface area contributed by atoms with Gasteiger partial charge in [0.15, 0.2) is 0 Å². The molecule has 2 aliphatic carbocycles. The van der Waals surface area contributed by atoms with Gasteiger partial charge >= 0.3 is 0 Å². The maximum Gasteiger partial charge on any atom is 0.142 e. The highest BCUT2D eigenvalue weighted by Crippen LogP contribution is 2.57. The molecule has 5 heteroatoms. The van der Waals surface area contributed by atoms with Crippen molar-refractivity contribution in [3.05, 3.63) is 44.9 Å². The Balaban J connectivity index is 1.77. The second kappa shape index (κ2) is 6.04. The number of thiazole rings is 1. The highest BCUT2D eigenvalue weighted by Gasteiger charge is 2.56. The van der Waals surface area contributed by atoms with E-state index in [2.05, 4.69) is 11.9 Å². The van der Waals surface area contributed by atoms with Crippen molar-refractivity contribution in [1.29, 1.82) is 0 Å². The average Bonchev–Trinajstić information content (AvgIpc) is 2.95. The maximum atomic E-state index is 11.4. The Morgan fingerprint density at radius 2 is 2.04 bits per heavy atom. The molecular weight excluding hydrogens is 346 g/mol. The fourth-order valence-corrected chi connectivity index (χ4v) is 6.27. The molecule has 0 aliphatic heterocycles. The van der Waals surface area contributed by atoms with Crippen molar-refractivity contribution in [2.75, 3.05) is 0 Å². The molecule has 1 fully saturated rings. The molecule has 0 amide bonds. The van der Waals surface area contributed by atoms with Crippen LogP contribution in [0.3, 0.4) is 0 Å². The molecule has 4 nitrogen and oxygen atoms in total. The molecule has 1 aromatic carbocycles. The smallest absolute Gasteiger partial charge is 0.142 e. The van der Waals surface area contributed by atoms with Crippen LogP contribution in [0.5, 0.6) is 5.75 Å². The molecule has 2 aromatic rings. The third kappa shape index (κ3) is 2.44. The lowest BCUT2D eigenvalue weighted by molar-refractivity contribution is -0.146. The van der Waals surface area contributed by atoms with Gasteiger partial charge in [0.2, 0.25) is 0 Å². The Hall–Kier alpha value is -1.43. The Labute approximate surface area is 158 Å². The molecule has 1 heterocycles. The lowest BCUT2D eigenvalue weighted by Gasteiger charge is -2.54. The summed E-state index contributed by atoms with van der Waals surface area (Å²) in [6.45, 7) is 6.13. The number of aromatic nitrogens is 1. The van der Waals surface area contributed by atoms with E-state index in [0.717, 1.165) is 29.8 Å². The Kier molecular flexibility index (Phi) is 4.17. The summed E-state index contributed by atoms with van der Waals surface area (Å²) in [5.74, 6) is 0.595. The second-order valence-electron chi connectivity index (χ2n) is 8.10. The Morgan fingerprint density at radius 1 is 1.27 bits per heavy atom. The van der Waals surface area contributed by atoms with Crippen molar-refractivity contribution in [3.8, 4) is 5.75 Å². The van der Waals surface area contributed by atoms with E-state index in [1.807, 2.05) is 26.0 Å². The van der Waals surface area contributed by atoms with Crippen molar-refractivity contribution in [2.24, 2.45) is 5.92 Å². The predicted molar refractivity (Wildman–Crippen MR) is 103 cm³/mol. The number of aromatic hydroxyl groups is 1. The minimum absolute atomic E-state index is 0.145. The first-order valence-corrected chi connectivity index (χ1v) is 10.3. The van der Waals surface area contributed by atoms with Crippen molar-refractivity contribution in [1.82, 2.24) is 4.98 Å². The number of nitrogens with zero attached hydrogens (tertiary/aromatic N) is 1. The van der Waals surface area contributed by atoms with Crippen LogP contribution in [0, 0.1) is 19.8 Å². The fourth-order valence-electron chi connectivity index (χ4n) is 5.21. The summed E-state index contributed by atoms with van der Waals surface area (Å²) in [6.07, 6.45) is 3.00. The summed E-state index contributed by atoms with van der Waals surface area (Å²) in [5.41, 5.74) is 1.95. The van der Waals surface area contributed by atoms with Crippen LogP contribution in [0.4, 0.5) is 0 Å². The first kappa shape index (κ1) is 18.0. The van der Waals surface area contributed by atoms with E-state index < -0.39 is 11.7 Å². The molecule has 4 rings (SSSR count). The molecule has 2 aliphatic rings. The molecule has 0 saturated heterocycles. The van der Waals surface area contributed by atoms with Gasteiger partial charge in [-0.1, -0.05) is 13.0 Å². The van der Waals surface area contributed by atoms with Gasteiger partial charge in [0.1, 0.15) is 16.4 Å². The fraction of sp³-hybridized carbons (Fsp3) is 0.571. The number of rotatable bonds is 2. The number of aryl methyl sites for hydroxylation is 3. The van der Waals surface area contributed by atoms with Crippen molar-refractivity contribution in [3.63, 3.8) is 0 Å². The van der Waals surface area contributed by atoms with Crippen LogP contribution in [-0.2, 0) is 17.4 Å². The molecule has 0 spiro atoms. The summed E-state index contributed by atoms with van der Waals surface area (Å²) < 4.78 is 0. The minimum atomic E-state index is -1.26. The number of aliphatic hydroxyl groups excluding tert-OH is 1. The number of phenolic OH excluding ortho intramolecular Hbond substituents is 1. The lowest BCUT2D eigenvalue weighted by Crippen LogP contribution is -2.56. The predicted octanol–water partition coefficient (Wildman–Crippen LogP) is 3.72. The van der Waals surface area contributed by atoms with Crippen LogP contribution in [0.2, 0.25) is 0 Å². The number of phenols is 1. The summed E-state index contributed by atoms with van der Waals surface area (Å²) in [5, 5.41) is 33.0. The van der Waals surface area contributed by atoms with Gasteiger partial charge in [-0.25, -0.2) is 4.98 Å². The third-order valence-electron chi connectivity index (χ3n) is 6.87. The number of aliphatic hydroxyl groups is 2. The van der Waals surface area contributed by atoms with Crippen molar-refractivity contribution < 1.29 is 15.3 Å². The molecule has 0 bridgehead atoms. The molecule has 4 atom stereocenters. The van der Waals surface area contributed by atoms with Gasteiger partial charge in [-0.2, -0.15) is 0 Å². The van der Waals surface area contributed by atoms with E-state index in [4.69, 9.17) is 0 Å². The number of benzene rings is 1. The van der Waals surface area contributed by atoms with Crippen molar-refractivity contribution in [2.45, 2.75) is 70.0 Å². The van der Waals surface area contributed by atoms with Gasteiger partial charge in [0.25, 0.3) is 0 Å². The van der Waals surface area contributed by atoms with Crippen LogP contribution in [0.1, 0.15) is 59.3 Å². The first-order chi connectivity index (χ1) is 12.3. The maximum absolute atomic E-state index is 11.4. The molecule has 0 radical (unpaired) electrons. The SMILES string of the molecule is CCC12CC(O)C(O)(c3nc(C)c(C)s3)CC1CCc1cc(O)ccc12. The standard InChI is InChI=1S/C21H27NO3S/c1-4-20-11-18(24)21(25,19-22-12(2)13(3)26-19)10-15(20)6-5-14-9-16(23)7-8-17(14)20/h7-9,15,18,23-25H,4-6,10-11H2,1-3H3. The lowest BCUT2D eigenvalue weighted by atomic mass is 9.52. The van der Waals surface area contributed by atoms with Gasteiger partial charge in [0, 0.05) is 10.3 Å². The number of fused-ring (bicyclic) bond motifs is 3. The van der Waals surface area contributed by atoms with Gasteiger partial charge in [-0.05, 0) is 75.1 Å². The highest BCUT2D eigenvalue weighted by molar-refractivity contribution is 7.11. The molecule has 140 valence electrons. The van der Waals surface area contributed by atoms with Gasteiger partial charge in [0.05, 0.1) is 11.8 Å². The Morgan fingerprint density at radius 3 is 2.69 bits per heavy atom. The van der Waals surface area contributed by atoms with E-state index >= 15 is 0 Å². The zero-order chi connectivity index (χ0) is 18.7. The summed E-state index contributed by atoms with van der Waals surface area (Å²) >= 11 is 1.50. The zero-order valence-corrected chi connectivity index (χ0v) is 16.4. The minimum Gasteiger partial charge on any atom is -0.508 e. The van der Waals surface area contributed by atoms with Crippen LogP contribution in [0.15, 0.2) is 18.2 Å². The summed E-state index contributed by atoms with van der Waals surface area (Å²) in [6, 6.07) is 5.64. The molecular formula is C21H27NO3S. The summed E-state index contributed by atoms with van der Waals surface area (Å²) in [7, 11) is 0. The van der Waals surface area contributed by atoms with E-state index in [1.165, 1.54) is 22.5 Å². The van der Waals surface area contributed by atoms with E-state index in [9.17, 15) is 15.3 Å². The van der Waals surface area contributed by atoms with E-state index in [1.54, 1.807) is 6.07 Å². The third-order valence-corrected chi connectivity index (χ3v) is 8.10. The van der Waals surface area contributed by atoms with Crippen LogP contribution < -0.4 is 0 Å².